The molecule has 0 atom stereocenters. The van der Waals surface area contributed by atoms with Crippen LogP contribution in [0.3, 0.4) is 0 Å². The molecule has 0 aromatic carbocycles. The van der Waals surface area contributed by atoms with Gasteiger partial charge in [0.05, 0.1) is 23.5 Å². The van der Waals surface area contributed by atoms with Crippen molar-refractivity contribution in [3.63, 3.8) is 0 Å². The van der Waals surface area contributed by atoms with E-state index in [4.69, 9.17) is 5.11 Å². The molecule has 4 rings (SSSR count). The third kappa shape index (κ3) is 2.69. The number of aliphatic imine (C=N–C) groups is 1. The van der Waals surface area contributed by atoms with Crippen LogP contribution >= 0.6 is 0 Å². The van der Waals surface area contributed by atoms with Crippen LogP contribution in [0.5, 0.6) is 0 Å². The van der Waals surface area contributed by atoms with Gasteiger partial charge in [-0.15, -0.1) is 0 Å². The molecule has 0 fully saturated rings. The summed E-state index contributed by atoms with van der Waals surface area (Å²) in [5.74, 6) is -1.12. The van der Waals surface area contributed by atoms with Crippen LogP contribution in [0.15, 0.2) is 58.9 Å². The van der Waals surface area contributed by atoms with Gasteiger partial charge in [-0.25, -0.2) is 4.79 Å². The van der Waals surface area contributed by atoms with Crippen LogP contribution in [-0.2, 0) is 0 Å². The van der Waals surface area contributed by atoms with Crippen LogP contribution < -0.4 is 0 Å². The second-order valence-electron chi connectivity index (χ2n) is 5.86. The van der Waals surface area contributed by atoms with Crippen molar-refractivity contribution >= 4 is 17.6 Å². The summed E-state index contributed by atoms with van der Waals surface area (Å²) in [4.78, 5) is 38.1. The molecule has 2 aliphatic rings. The summed E-state index contributed by atoms with van der Waals surface area (Å²) in [6.45, 7) is 1.54. The van der Waals surface area contributed by atoms with E-state index in [1.807, 2.05) is 0 Å². The predicted octanol–water partition coefficient (Wildman–Crippen LogP) is 1.43. The number of nitrogens with zero attached hydrogens (tertiary/aromatic N) is 4. The van der Waals surface area contributed by atoms with Gasteiger partial charge in [-0.1, -0.05) is 6.07 Å². The van der Waals surface area contributed by atoms with Crippen molar-refractivity contribution in [1.29, 1.82) is 0 Å². The Balaban J connectivity index is 1.53. The smallest absolute Gasteiger partial charge is 0.337 e. The number of pyridine rings is 2. The molecule has 0 unspecified atom stereocenters. The molecule has 2 aliphatic heterocycles. The fourth-order valence-electron chi connectivity index (χ4n) is 3.03. The summed E-state index contributed by atoms with van der Waals surface area (Å²) in [7, 11) is 0. The SMILES string of the molecule is O=C(O)c1ccc(C2=NCC3=C2CN(C(=O)c2ccccn2)C3)nc1. The summed E-state index contributed by atoms with van der Waals surface area (Å²) in [5, 5.41) is 8.97. The zero-order chi connectivity index (χ0) is 17.4. The zero-order valence-corrected chi connectivity index (χ0v) is 13.2. The van der Waals surface area contributed by atoms with E-state index < -0.39 is 5.97 Å². The number of hydrogen-bond donors (Lipinski definition) is 1. The third-order valence-corrected chi connectivity index (χ3v) is 4.30. The van der Waals surface area contributed by atoms with Crippen molar-refractivity contribution in [3.8, 4) is 0 Å². The molecule has 0 spiro atoms. The monoisotopic (exact) mass is 334 g/mol. The van der Waals surface area contributed by atoms with Crippen LogP contribution in [-0.4, -0.2) is 57.2 Å². The van der Waals surface area contributed by atoms with Crippen molar-refractivity contribution in [2.45, 2.75) is 0 Å². The lowest BCUT2D eigenvalue weighted by atomic mass is 10.1. The van der Waals surface area contributed by atoms with Crippen molar-refractivity contribution in [1.82, 2.24) is 14.9 Å². The minimum atomic E-state index is -1.01. The molecule has 1 N–H and O–H groups in total. The Morgan fingerprint density at radius 3 is 2.64 bits per heavy atom. The average Bonchev–Trinajstić information content (AvgIpc) is 3.22. The minimum absolute atomic E-state index is 0.108. The largest absolute Gasteiger partial charge is 0.478 e. The van der Waals surface area contributed by atoms with E-state index >= 15 is 0 Å². The maximum absolute atomic E-state index is 12.6. The zero-order valence-electron chi connectivity index (χ0n) is 13.2. The number of aromatic carboxylic acids is 1. The molecule has 4 heterocycles. The van der Waals surface area contributed by atoms with Crippen LogP contribution in [0.1, 0.15) is 26.5 Å². The highest BCUT2D eigenvalue weighted by atomic mass is 16.4. The van der Waals surface area contributed by atoms with Crippen molar-refractivity contribution in [2.24, 2.45) is 4.99 Å². The van der Waals surface area contributed by atoms with E-state index in [-0.39, 0.29) is 11.5 Å². The number of carbonyl (C=O) groups excluding carboxylic acids is 1. The second-order valence-corrected chi connectivity index (χ2v) is 5.86. The highest BCUT2D eigenvalue weighted by Gasteiger charge is 2.33. The molecule has 7 heteroatoms. The van der Waals surface area contributed by atoms with Gasteiger partial charge in [-0.05, 0) is 29.8 Å². The van der Waals surface area contributed by atoms with E-state index in [1.165, 1.54) is 12.3 Å². The molecule has 0 radical (unpaired) electrons. The molecule has 0 bridgehead atoms. The van der Waals surface area contributed by atoms with E-state index in [1.54, 1.807) is 35.4 Å². The Labute approximate surface area is 143 Å². The molecule has 0 aliphatic carbocycles. The average molecular weight is 334 g/mol. The Morgan fingerprint density at radius 2 is 1.96 bits per heavy atom. The second kappa shape index (κ2) is 5.94. The van der Waals surface area contributed by atoms with Crippen molar-refractivity contribution < 1.29 is 14.7 Å². The van der Waals surface area contributed by atoms with E-state index in [2.05, 4.69) is 15.0 Å². The summed E-state index contributed by atoms with van der Waals surface area (Å²) in [5.41, 5.74) is 4.02. The predicted molar refractivity (Wildman–Crippen MR) is 89.8 cm³/mol. The molecule has 124 valence electrons. The lowest BCUT2D eigenvalue weighted by Gasteiger charge is -2.17. The van der Waals surface area contributed by atoms with Gasteiger partial charge in [-0.3, -0.25) is 19.8 Å². The maximum Gasteiger partial charge on any atom is 0.337 e. The van der Waals surface area contributed by atoms with Gasteiger partial charge in [0.2, 0.25) is 0 Å². The fraction of sp³-hybridized carbons (Fsp3) is 0.167. The van der Waals surface area contributed by atoms with Crippen LogP contribution in [0, 0.1) is 0 Å². The quantitative estimate of drug-likeness (QED) is 0.916. The van der Waals surface area contributed by atoms with Gasteiger partial charge >= 0.3 is 5.97 Å². The first kappa shape index (κ1) is 15.2. The number of carboxylic acid groups (broad SMARTS) is 1. The van der Waals surface area contributed by atoms with Crippen molar-refractivity contribution in [2.75, 3.05) is 19.6 Å². The number of aromatic nitrogens is 2. The molecule has 2 aromatic rings. The molecule has 7 nitrogen and oxygen atoms in total. The summed E-state index contributed by atoms with van der Waals surface area (Å²) < 4.78 is 0. The van der Waals surface area contributed by atoms with E-state index in [0.29, 0.717) is 31.0 Å². The molecule has 25 heavy (non-hydrogen) atoms. The standard InChI is InChI=1S/C18H14N4O3/c23-17(15-3-1-2-6-19-15)22-9-12-8-21-16(13(12)10-22)14-5-4-11(7-20-14)18(24)25/h1-7H,8-10H2,(H,24,25). The van der Waals surface area contributed by atoms with Crippen LogP contribution in [0.25, 0.3) is 0 Å². The molecular weight excluding hydrogens is 320 g/mol. The Kier molecular flexibility index (Phi) is 3.61. The normalized spacial score (nSPS) is 16.0. The Bertz CT molecular complexity index is 917. The summed E-state index contributed by atoms with van der Waals surface area (Å²) in [6, 6.07) is 8.43. The molecule has 1 amide bonds. The summed E-state index contributed by atoms with van der Waals surface area (Å²) in [6.07, 6.45) is 2.93. The fourth-order valence-corrected chi connectivity index (χ4v) is 3.03. The van der Waals surface area contributed by atoms with Crippen molar-refractivity contribution in [3.05, 3.63) is 70.8 Å². The van der Waals surface area contributed by atoms with Gasteiger partial charge < -0.3 is 10.0 Å². The number of hydrogen-bond acceptors (Lipinski definition) is 5. The van der Waals surface area contributed by atoms with Gasteiger partial charge in [0.1, 0.15) is 5.69 Å². The Hall–Kier alpha value is -3.35. The highest BCUT2D eigenvalue weighted by Crippen LogP contribution is 2.27. The van der Waals surface area contributed by atoms with E-state index in [0.717, 1.165) is 16.9 Å². The molecule has 0 saturated carbocycles. The number of amides is 1. The highest BCUT2D eigenvalue weighted by molar-refractivity contribution is 6.14. The van der Waals surface area contributed by atoms with E-state index in [9.17, 15) is 9.59 Å². The summed E-state index contributed by atoms with van der Waals surface area (Å²) >= 11 is 0. The topological polar surface area (TPSA) is 95.8 Å². The van der Waals surface area contributed by atoms with Gasteiger partial charge in [0.25, 0.3) is 5.91 Å². The lowest BCUT2D eigenvalue weighted by molar-refractivity contribution is 0.0695. The first-order valence-electron chi connectivity index (χ1n) is 7.79. The first-order chi connectivity index (χ1) is 12.1. The van der Waals surface area contributed by atoms with Gasteiger partial charge in [0, 0.05) is 31.1 Å². The number of carboxylic acids is 1. The Morgan fingerprint density at radius 1 is 1.08 bits per heavy atom. The molecular formula is C18H14N4O3. The molecule has 2 aromatic heterocycles. The minimum Gasteiger partial charge on any atom is -0.478 e. The number of rotatable bonds is 3. The van der Waals surface area contributed by atoms with Gasteiger partial charge in [-0.2, -0.15) is 0 Å². The first-order valence-corrected chi connectivity index (χ1v) is 7.79. The molecule has 0 saturated heterocycles. The number of carbonyl (C=O) groups is 2. The third-order valence-electron chi connectivity index (χ3n) is 4.30. The van der Waals surface area contributed by atoms with Crippen LogP contribution in [0.2, 0.25) is 0 Å². The van der Waals surface area contributed by atoms with Gasteiger partial charge in [0.15, 0.2) is 0 Å². The maximum atomic E-state index is 12.6. The van der Waals surface area contributed by atoms with Crippen LogP contribution in [0.4, 0.5) is 0 Å². The lowest BCUT2D eigenvalue weighted by Crippen LogP contribution is -2.31.